The predicted octanol–water partition coefficient (Wildman–Crippen LogP) is 2.91. The van der Waals surface area contributed by atoms with Crippen LogP contribution in [0.15, 0.2) is 30.3 Å². The van der Waals surface area contributed by atoms with E-state index in [1.54, 1.807) is 0 Å². The summed E-state index contributed by atoms with van der Waals surface area (Å²) in [6.45, 7) is 6.22. The maximum Gasteiger partial charge on any atom is 0.223 e. The minimum atomic E-state index is -1.12. The third-order valence-electron chi connectivity index (χ3n) is 6.97. The lowest BCUT2D eigenvalue weighted by atomic mass is 9.71. The summed E-state index contributed by atoms with van der Waals surface area (Å²) in [5.41, 5.74) is 0.936. The van der Waals surface area contributed by atoms with Crippen LogP contribution in [0, 0.1) is 29.6 Å². The third-order valence-corrected chi connectivity index (χ3v) is 6.97. The summed E-state index contributed by atoms with van der Waals surface area (Å²) in [5.74, 6) is 0.831. The van der Waals surface area contributed by atoms with Crippen LogP contribution in [-0.4, -0.2) is 29.9 Å². The molecule has 0 aromatic heterocycles. The van der Waals surface area contributed by atoms with Crippen molar-refractivity contribution in [2.75, 3.05) is 13.1 Å². The first kappa shape index (κ1) is 19.9. The Bertz CT molecular complexity index is 644. The van der Waals surface area contributed by atoms with Gasteiger partial charge in [0.15, 0.2) is 0 Å². The van der Waals surface area contributed by atoms with Crippen molar-refractivity contribution in [3.05, 3.63) is 35.9 Å². The second kappa shape index (κ2) is 8.90. The Kier molecular flexibility index (Phi) is 6.56. The lowest BCUT2D eigenvalue weighted by molar-refractivity contribution is -0.311. The zero-order valence-electron chi connectivity index (χ0n) is 16.6. The summed E-state index contributed by atoms with van der Waals surface area (Å²) >= 11 is 0. The Hall–Kier alpha value is -1.84. The normalized spacial score (nSPS) is 27.0. The average Bonchev–Trinajstić information content (AvgIpc) is 3.11. The van der Waals surface area contributed by atoms with Crippen molar-refractivity contribution >= 4 is 11.9 Å². The second-order valence-electron chi connectivity index (χ2n) is 8.69. The SMILES string of the molecule is CCC(C)C1CC[C@H]2CN(C(=O)C[C@H](Cc3ccccc3)C(=O)[O-])C[C@H]2C1. The molecule has 5 atom stereocenters. The fourth-order valence-electron chi connectivity index (χ4n) is 5.00. The third kappa shape index (κ3) is 4.91. The van der Waals surface area contributed by atoms with Gasteiger partial charge in [-0.15, -0.1) is 0 Å². The summed E-state index contributed by atoms with van der Waals surface area (Å²) in [4.78, 5) is 26.3. The standard InChI is InChI=1S/C23H33NO3/c1-3-16(2)18-9-10-19-14-24(15-21(19)12-18)22(25)13-20(23(26)27)11-17-7-5-4-6-8-17/h4-8,16,18-21H,3,9-15H2,1-2H3,(H,26,27)/p-1/t16?,18?,19-,20-,21+/m0/s1. The molecule has 1 saturated heterocycles. The van der Waals surface area contributed by atoms with Crippen LogP contribution < -0.4 is 5.11 Å². The Labute approximate surface area is 163 Å². The lowest BCUT2D eigenvalue weighted by Crippen LogP contribution is -2.38. The van der Waals surface area contributed by atoms with Crippen LogP contribution in [0.3, 0.4) is 0 Å². The topological polar surface area (TPSA) is 60.4 Å². The molecule has 1 aliphatic heterocycles. The molecule has 4 heteroatoms. The van der Waals surface area contributed by atoms with E-state index in [-0.39, 0.29) is 12.3 Å². The van der Waals surface area contributed by atoms with Gasteiger partial charge in [-0.05, 0) is 54.9 Å². The van der Waals surface area contributed by atoms with Gasteiger partial charge < -0.3 is 14.8 Å². The number of rotatable bonds is 7. The number of hydrogen-bond acceptors (Lipinski definition) is 3. The van der Waals surface area contributed by atoms with Gasteiger partial charge in [0, 0.05) is 31.4 Å². The van der Waals surface area contributed by atoms with Gasteiger partial charge in [-0.25, -0.2) is 0 Å². The first-order valence-electron chi connectivity index (χ1n) is 10.5. The molecule has 1 saturated carbocycles. The number of amides is 1. The maximum atomic E-state index is 12.8. The smallest absolute Gasteiger partial charge is 0.223 e. The van der Waals surface area contributed by atoms with Crippen molar-refractivity contribution in [3.63, 3.8) is 0 Å². The van der Waals surface area contributed by atoms with E-state index in [2.05, 4.69) is 13.8 Å². The molecule has 148 valence electrons. The van der Waals surface area contributed by atoms with Crippen LogP contribution in [-0.2, 0) is 16.0 Å². The molecule has 27 heavy (non-hydrogen) atoms. The van der Waals surface area contributed by atoms with E-state index in [9.17, 15) is 14.7 Å². The van der Waals surface area contributed by atoms with E-state index < -0.39 is 11.9 Å². The molecule has 2 unspecified atom stereocenters. The average molecular weight is 371 g/mol. The van der Waals surface area contributed by atoms with E-state index in [1.165, 1.54) is 25.7 Å². The van der Waals surface area contributed by atoms with Crippen LogP contribution in [0.2, 0.25) is 0 Å². The monoisotopic (exact) mass is 370 g/mol. The molecule has 1 amide bonds. The Morgan fingerprint density at radius 1 is 1.15 bits per heavy atom. The van der Waals surface area contributed by atoms with Gasteiger partial charge in [-0.2, -0.15) is 0 Å². The molecule has 0 N–H and O–H groups in total. The molecule has 0 spiro atoms. The van der Waals surface area contributed by atoms with Crippen molar-refractivity contribution in [1.29, 1.82) is 0 Å². The fraction of sp³-hybridized carbons (Fsp3) is 0.652. The summed E-state index contributed by atoms with van der Waals surface area (Å²) in [7, 11) is 0. The quantitative estimate of drug-likeness (QED) is 0.741. The Balaban J connectivity index is 1.57. The molecule has 1 aromatic carbocycles. The first-order valence-corrected chi connectivity index (χ1v) is 10.5. The number of carbonyl (C=O) groups excluding carboxylic acids is 2. The zero-order chi connectivity index (χ0) is 19.4. The number of carbonyl (C=O) groups is 2. The van der Waals surface area contributed by atoms with Crippen LogP contribution in [0.4, 0.5) is 0 Å². The van der Waals surface area contributed by atoms with Gasteiger partial charge in [0.2, 0.25) is 5.91 Å². The minimum absolute atomic E-state index is 0.0189. The number of benzene rings is 1. The maximum absolute atomic E-state index is 12.8. The highest BCUT2D eigenvalue weighted by atomic mass is 16.4. The lowest BCUT2D eigenvalue weighted by Gasteiger charge is -2.34. The van der Waals surface area contributed by atoms with Gasteiger partial charge in [0.1, 0.15) is 0 Å². The van der Waals surface area contributed by atoms with Crippen LogP contribution in [0.5, 0.6) is 0 Å². The van der Waals surface area contributed by atoms with Crippen molar-refractivity contribution < 1.29 is 14.7 Å². The number of carboxylic acids is 1. The van der Waals surface area contributed by atoms with Gasteiger partial charge in [-0.1, -0.05) is 50.6 Å². The number of fused-ring (bicyclic) bond motifs is 1. The highest BCUT2D eigenvalue weighted by molar-refractivity contribution is 5.82. The van der Waals surface area contributed by atoms with Crippen molar-refractivity contribution in [2.24, 2.45) is 29.6 Å². The number of aliphatic carboxylic acids is 1. The van der Waals surface area contributed by atoms with Gasteiger partial charge in [0.25, 0.3) is 0 Å². The van der Waals surface area contributed by atoms with E-state index in [1.807, 2.05) is 35.2 Å². The summed E-state index contributed by atoms with van der Waals surface area (Å²) in [6.07, 6.45) is 5.32. The molecule has 1 aromatic rings. The van der Waals surface area contributed by atoms with Gasteiger partial charge in [0.05, 0.1) is 0 Å². The van der Waals surface area contributed by atoms with E-state index in [4.69, 9.17) is 0 Å². The highest BCUT2D eigenvalue weighted by Crippen LogP contribution is 2.42. The molecule has 1 aliphatic carbocycles. The fourth-order valence-corrected chi connectivity index (χ4v) is 5.00. The zero-order valence-corrected chi connectivity index (χ0v) is 16.6. The molecular formula is C23H32NO3-. The molecule has 0 radical (unpaired) electrons. The Morgan fingerprint density at radius 2 is 1.85 bits per heavy atom. The molecule has 4 nitrogen and oxygen atoms in total. The molecule has 1 heterocycles. The minimum Gasteiger partial charge on any atom is -0.550 e. The molecule has 2 aliphatic rings. The Morgan fingerprint density at radius 3 is 2.52 bits per heavy atom. The number of carboxylic acid groups (broad SMARTS) is 1. The predicted molar refractivity (Wildman–Crippen MR) is 104 cm³/mol. The van der Waals surface area contributed by atoms with E-state index in [0.29, 0.717) is 18.3 Å². The number of likely N-dealkylation sites (tertiary alicyclic amines) is 1. The summed E-state index contributed by atoms with van der Waals surface area (Å²) in [6, 6.07) is 9.49. The van der Waals surface area contributed by atoms with Crippen LogP contribution >= 0.6 is 0 Å². The first-order chi connectivity index (χ1) is 13.0. The van der Waals surface area contributed by atoms with Crippen molar-refractivity contribution in [3.8, 4) is 0 Å². The van der Waals surface area contributed by atoms with Crippen LogP contribution in [0.1, 0.15) is 51.5 Å². The second-order valence-corrected chi connectivity index (χ2v) is 8.69. The summed E-state index contributed by atoms with van der Waals surface area (Å²) in [5, 5.41) is 11.6. The van der Waals surface area contributed by atoms with E-state index >= 15 is 0 Å². The largest absolute Gasteiger partial charge is 0.550 e. The van der Waals surface area contributed by atoms with Gasteiger partial charge in [-0.3, -0.25) is 4.79 Å². The van der Waals surface area contributed by atoms with E-state index in [0.717, 1.165) is 30.5 Å². The highest BCUT2D eigenvalue weighted by Gasteiger charge is 2.40. The number of hydrogen-bond donors (Lipinski definition) is 0. The van der Waals surface area contributed by atoms with Crippen LogP contribution in [0.25, 0.3) is 0 Å². The molecule has 0 bridgehead atoms. The molecule has 2 fully saturated rings. The van der Waals surface area contributed by atoms with Crippen molar-refractivity contribution in [1.82, 2.24) is 4.90 Å². The molecule has 3 rings (SSSR count). The van der Waals surface area contributed by atoms with Gasteiger partial charge >= 0.3 is 0 Å². The number of nitrogens with zero attached hydrogens (tertiary/aromatic N) is 1. The molecular weight excluding hydrogens is 338 g/mol. The summed E-state index contributed by atoms with van der Waals surface area (Å²) < 4.78 is 0. The van der Waals surface area contributed by atoms with Crippen molar-refractivity contribution in [2.45, 2.75) is 52.4 Å².